The van der Waals surface area contributed by atoms with Gasteiger partial charge in [0.2, 0.25) is 0 Å². The van der Waals surface area contributed by atoms with Crippen LogP contribution in [-0.4, -0.2) is 34.5 Å². The molecule has 0 atom stereocenters. The normalized spacial score (nSPS) is 11.6. The van der Waals surface area contributed by atoms with E-state index in [1.54, 1.807) is 13.8 Å². The van der Waals surface area contributed by atoms with Crippen molar-refractivity contribution in [1.82, 2.24) is 4.90 Å². The van der Waals surface area contributed by atoms with Gasteiger partial charge in [-0.2, -0.15) is 13.2 Å². The van der Waals surface area contributed by atoms with Crippen molar-refractivity contribution >= 4 is 11.9 Å². The summed E-state index contributed by atoms with van der Waals surface area (Å²) in [6.07, 6.45) is -4.86. The van der Waals surface area contributed by atoms with Crippen molar-refractivity contribution in [3.8, 4) is 0 Å². The van der Waals surface area contributed by atoms with E-state index in [1.165, 1.54) is 0 Å². The Kier molecular flexibility index (Phi) is 4.93. The SMILES string of the molecule is CC(C)N(CC(=O)O)C(=O)c1ccc(C(F)(F)F)c(F)c1. The molecule has 0 aliphatic rings. The van der Waals surface area contributed by atoms with E-state index in [9.17, 15) is 27.2 Å². The molecule has 0 saturated heterocycles. The van der Waals surface area contributed by atoms with Gasteiger partial charge in [-0.25, -0.2) is 4.39 Å². The van der Waals surface area contributed by atoms with Crippen molar-refractivity contribution in [2.75, 3.05) is 6.54 Å². The summed E-state index contributed by atoms with van der Waals surface area (Å²) in [4.78, 5) is 23.7. The maximum Gasteiger partial charge on any atom is 0.419 e. The van der Waals surface area contributed by atoms with Crippen LogP contribution in [0.5, 0.6) is 0 Å². The van der Waals surface area contributed by atoms with Gasteiger partial charge in [0.25, 0.3) is 5.91 Å². The Labute approximate surface area is 118 Å². The molecule has 0 aromatic heterocycles. The predicted octanol–water partition coefficient (Wildman–Crippen LogP) is 2.78. The average Bonchev–Trinajstić information content (AvgIpc) is 2.32. The van der Waals surface area contributed by atoms with Crippen molar-refractivity contribution < 1.29 is 32.3 Å². The number of benzene rings is 1. The fraction of sp³-hybridized carbons (Fsp3) is 0.385. The number of carboxylic acids is 1. The largest absolute Gasteiger partial charge is 0.480 e. The lowest BCUT2D eigenvalue weighted by atomic mass is 10.1. The molecule has 1 aromatic rings. The molecule has 0 unspecified atom stereocenters. The van der Waals surface area contributed by atoms with Gasteiger partial charge >= 0.3 is 12.1 Å². The third-order valence-corrected chi connectivity index (χ3v) is 2.71. The highest BCUT2D eigenvalue weighted by Gasteiger charge is 2.34. The first-order valence-electron chi connectivity index (χ1n) is 5.93. The highest BCUT2D eigenvalue weighted by Crippen LogP contribution is 2.31. The quantitative estimate of drug-likeness (QED) is 0.870. The molecule has 0 heterocycles. The highest BCUT2D eigenvalue weighted by molar-refractivity contribution is 5.96. The number of halogens is 4. The first kappa shape index (κ1) is 16.9. The number of hydrogen-bond donors (Lipinski definition) is 1. The van der Waals surface area contributed by atoms with Crippen molar-refractivity contribution in [1.29, 1.82) is 0 Å². The molecule has 0 saturated carbocycles. The van der Waals surface area contributed by atoms with Crippen LogP contribution < -0.4 is 0 Å². The molecule has 4 nitrogen and oxygen atoms in total. The van der Waals surface area contributed by atoms with Crippen LogP contribution in [0.25, 0.3) is 0 Å². The molecule has 1 N–H and O–H groups in total. The third-order valence-electron chi connectivity index (χ3n) is 2.71. The zero-order chi connectivity index (χ0) is 16.4. The van der Waals surface area contributed by atoms with Gasteiger partial charge in [0.05, 0.1) is 5.56 Å². The summed E-state index contributed by atoms with van der Waals surface area (Å²) >= 11 is 0. The Bertz CT molecular complexity index is 555. The minimum absolute atomic E-state index is 0.338. The van der Waals surface area contributed by atoms with Crippen LogP contribution in [-0.2, 0) is 11.0 Å². The molecule has 21 heavy (non-hydrogen) atoms. The van der Waals surface area contributed by atoms with Crippen LogP contribution in [0.15, 0.2) is 18.2 Å². The zero-order valence-corrected chi connectivity index (χ0v) is 11.2. The number of carbonyl (C=O) groups excluding carboxylic acids is 1. The molecule has 0 aliphatic carbocycles. The number of aliphatic carboxylic acids is 1. The predicted molar refractivity (Wildman–Crippen MR) is 65.2 cm³/mol. The van der Waals surface area contributed by atoms with E-state index in [1.807, 2.05) is 0 Å². The number of rotatable bonds is 4. The lowest BCUT2D eigenvalue weighted by Crippen LogP contribution is -2.40. The number of carbonyl (C=O) groups is 2. The Balaban J connectivity index is 3.12. The van der Waals surface area contributed by atoms with E-state index in [4.69, 9.17) is 5.11 Å². The van der Waals surface area contributed by atoms with Crippen LogP contribution in [0.3, 0.4) is 0 Å². The van der Waals surface area contributed by atoms with Gasteiger partial charge in [-0.3, -0.25) is 9.59 Å². The van der Waals surface area contributed by atoms with Crippen LogP contribution in [0.2, 0.25) is 0 Å². The summed E-state index contributed by atoms with van der Waals surface area (Å²) in [6.45, 7) is 2.46. The van der Waals surface area contributed by atoms with Gasteiger partial charge < -0.3 is 10.0 Å². The summed E-state index contributed by atoms with van der Waals surface area (Å²) < 4.78 is 50.7. The summed E-state index contributed by atoms with van der Waals surface area (Å²) in [7, 11) is 0. The van der Waals surface area contributed by atoms with Crippen LogP contribution in [0.4, 0.5) is 17.6 Å². The third kappa shape index (κ3) is 4.17. The van der Waals surface area contributed by atoms with Crippen LogP contribution >= 0.6 is 0 Å². The lowest BCUT2D eigenvalue weighted by Gasteiger charge is -2.25. The molecule has 1 amide bonds. The minimum atomic E-state index is -4.86. The van der Waals surface area contributed by atoms with Gasteiger partial charge in [-0.05, 0) is 32.0 Å². The Morgan fingerprint density at radius 2 is 1.86 bits per heavy atom. The number of alkyl halides is 3. The molecule has 0 aliphatic heterocycles. The first-order valence-corrected chi connectivity index (χ1v) is 5.93. The van der Waals surface area contributed by atoms with Crippen molar-refractivity contribution in [3.63, 3.8) is 0 Å². The second-order valence-corrected chi connectivity index (χ2v) is 4.61. The Hall–Kier alpha value is -2.12. The molecule has 0 fully saturated rings. The molecule has 116 valence electrons. The zero-order valence-electron chi connectivity index (χ0n) is 11.2. The van der Waals surface area contributed by atoms with Crippen LogP contribution in [0.1, 0.15) is 29.8 Å². The van der Waals surface area contributed by atoms with Gasteiger partial charge in [-0.15, -0.1) is 0 Å². The van der Waals surface area contributed by atoms with E-state index in [2.05, 4.69) is 0 Å². The molecule has 1 rings (SSSR count). The number of carboxylic acid groups (broad SMARTS) is 1. The average molecular weight is 307 g/mol. The second-order valence-electron chi connectivity index (χ2n) is 4.61. The van der Waals surface area contributed by atoms with Crippen molar-refractivity contribution in [2.24, 2.45) is 0 Å². The maximum absolute atomic E-state index is 13.4. The van der Waals surface area contributed by atoms with Crippen molar-refractivity contribution in [3.05, 3.63) is 35.1 Å². The van der Waals surface area contributed by atoms with E-state index in [0.29, 0.717) is 12.1 Å². The Morgan fingerprint density at radius 3 is 2.24 bits per heavy atom. The van der Waals surface area contributed by atoms with Crippen molar-refractivity contribution in [2.45, 2.75) is 26.1 Å². The first-order chi connectivity index (χ1) is 9.54. The van der Waals surface area contributed by atoms with Gasteiger partial charge in [0.1, 0.15) is 12.4 Å². The minimum Gasteiger partial charge on any atom is -0.480 e. The van der Waals surface area contributed by atoms with Gasteiger partial charge in [0.15, 0.2) is 0 Å². The number of nitrogens with zero attached hydrogens (tertiary/aromatic N) is 1. The molecule has 8 heteroatoms. The van der Waals surface area contributed by atoms with Gasteiger partial charge in [0, 0.05) is 11.6 Å². The second kappa shape index (κ2) is 6.11. The van der Waals surface area contributed by atoms with Gasteiger partial charge in [-0.1, -0.05) is 0 Å². The molecular formula is C13H13F4NO3. The van der Waals surface area contributed by atoms with E-state index in [-0.39, 0.29) is 5.56 Å². The standard InChI is InChI=1S/C13H13F4NO3/c1-7(2)18(6-11(19)20)12(21)8-3-4-9(10(14)5-8)13(15,16)17/h3-5,7H,6H2,1-2H3,(H,19,20). The van der Waals surface area contributed by atoms with Crippen LogP contribution in [0, 0.1) is 5.82 Å². The van der Waals surface area contributed by atoms with E-state index in [0.717, 1.165) is 11.0 Å². The summed E-state index contributed by atoms with van der Waals surface area (Å²) in [6, 6.07) is 1.24. The molecule has 0 radical (unpaired) electrons. The van der Waals surface area contributed by atoms with E-state index < -0.39 is 42.0 Å². The maximum atomic E-state index is 13.4. The topological polar surface area (TPSA) is 57.6 Å². The summed E-state index contributed by atoms with van der Waals surface area (Å²) in [5.41, 5.74) is -1.82. The molecule has 1 aromatic carbocycles. The molecule has 0 spiro atoms. The van der Waals surface area contributed by atoms with E-state index >= 15 is 0 Å². The molecular weight excluding hydrogens is 294 g/mol. The number of hydrogen-bond acceptors (Lipinski definition) is 2. The summed E-state index contributed by atoms with van der Waals surface area (Å²) in [5, 5.41) is 8.72. The molecule has 0 bridgehead atoms. The monoisotopic (exact) mass is 307 g/mol. The summed E-state index contributed by atoms with van der Waals surface area (Å²) in [5.74, 6) is -3.70. The highest BCUT2D eigenvalue weighted by atomic mass is 19.4. The Morgan fingerprint density at radius 1 is 1.29 bits per heavy atom. The smallest absolute Gasteiger partial charge is 0.419 e. The fourth-order valence-electron chi connectivity index (χ4n) is 1.68. The fourth-order valence-corrected chi connectivity index (χ4v) is 1.68. The number of amides is 1. The lowest BCUT2D eigenvalue weighted by molar-refractivity contribution is -0.140.